The molecule has 2 aliphatic rings. The quantitative estimate of drug-likeness (QED) is 0.668. The topological polar surface area (TPSA) is 41.5 Å². The Balaban J connectivity index is 1.47. The molecule has 0 unspecified atom stereocenters. The van der Waals surface area contributed by atoms with Crippen molar-refractivity contribution in [1.82, 2.24) is 5.43 Å². The van der Waals surface area contributed by atoms with E-state index in [1.54, 1.807) is 6.21 Å². The van der Waals surface area contributed by atoms with E-state index in [1.165, 1.54) is 0 Å². The molecule has 2 aliphatic carbocycles. The van der Waals surface area contributed by atoms with Gasteiger partial charge >= 0.3 is 6.18 Å². The molecule has 2 saturated carbocycles. The van der Waals surface area contributed by atoms with Gasteiger partial charge in [-0.25, -0.2) is 5.43 Å². The van der Waals surface area contributed by atoms with Gasteiger partial charge in [-0.2, -0.15) is 18.3 Å². The lowest BCUT2D eigenvalue weighted by Gasteiger charge is -2.27. The van der Waals surface area contributed by atoms with E-state index in [2.05, 4.69) is 10.5 Å². The van der Waals surface area contributed by atoms with Crippen molar-refractivity contribution in [3.8, 4) is 0 Å². The van der Waals surface area contributed by atoms with E-state index in [0.717, 1.165) is 5.56 Å². The van der Waals surface area contributed by atoms with Gasteiger partial charge in [-0.05, 0) is 42.6 Å². The monoisotopic (exact) mass is 324 g/mol. The minimum atomic E-state index is -4.08. The van der Waals surface area contributed by atoms with Crippen molar-refractivity contribution in [2.45, 2.75) is 31.9 Å². The highest BCUT2D eigenvalue weighted by atomic mass is 19.4. The number of alkyl halides is 3. The number of nitrogens with zero attached hydrogens (tertiary/aromatic N) is 1. The van der Waals surface area contributed by atoms with Gasteiger partial charge in [-0.3, -0.25) is 4.79 Å². The number of rotatable bonds is 4. The molecule has 124 valence electrons. The van der Waals surface area contributed by atoms with Crippen molar-refractivity contribution in [2.24, 2.45) is 28.8 Å². The molecule has 1 N–H and O–H groups in total. The molecule has 3 rings (SSSR count). The third kappa shape index (κ3) is 3.74. The van der Waals surface area contributed by atoms with E-state index in [1.807, 2.05) is 30.3 Å². The Morgan fingerprint density at radius 1 is 1.17 bits per heavy atom. The summed E-state index contributed by atoms with van der Waals surface area (Å²) in [4.78, 5) is 11.8. The predicted molar refractivity (Wildman–Crippen MR) is 80.6 cm³/mol. The SMILES string of the molecule is O=C(Cc1ccccc1)N/N=C\[C@H]1C[C@H]2C[C@@H]1C[C@H]2C(F)(F)F. The number of halogens is 3. The Bertz CT molecular complexity index is 585. The van der Waals surface area contributed by atoms with Crippen LogP contribution in [0.15, 0.2) is 35.4 Å². The Labute approximate surface area is 133 Å². The van der Waals surface area contributed by atoms with E-state index in [9.17, 15) is 18.0 Å². The van der Waals surface area contributed by atoms with Gasteiger partial charge in [0, 0.05) is 6.21 Å². The third-order valence-electron chi connectivity index (χ3n) is 4.99. The number of benzene rings is 1. The minimum Gasteiger partial charge on any atom is -0.273 e. The zero-order valence-corrected chi connectivity index (χ0v) is 12.6. The Hall–Kier alpha value is -1.85. The van der Waals surface area contributed by atoms with Gasteiger partial charge in [0.25, 0.3) is 0 Å². The molecule has 6 heteroatoms. The molecular formula is C17H19F3N2O. The Morgan fingerprint density at radius 2 is 1.91 bits per heavy atom. The van der Waals surface area contributed by atoms with Crippen LogP contribution in [-0.2, 0) is 11.2 Å². The number of nitrogens with one attached hydrogen (secondary N) is 1. The van der Waals surface area contributed by atoms with Gasteiger partial charge in [0.2, 0.25) is 5.91 Å². The third-order valence-corrected chi connectivity index (χ3v) is 4.99. The first kappa shape index (κ1) is 16.0. The van der Waals surface area contributed by atoms with Crippen LogP contribution in [0.5, 0.6) is 0 Å². The van der Waals surface area contributed by atoms with Gasteiger partial charge < -0.3 is 0 Å². The summed E-state index contributed by atoms with van der Waals surface area (Å²) < 4.78 is 38.5. The second kappa shape index (κ2) is 6.34. The smallest absolute Gasteiger partial charge is 0.273 e. The van der Waals surface area contributed by atoms with Crippen LogP contribution in [0.25, 0.3) is 0 Å². The molecular weight excluding hydrogens is 305 g/mol. The van der Waals surface area contributed by atoms with E-state index in [0.29, 0.717) is 12.8 Å². The highest BCUT2D eigenvalue weighted by molar-refractivity contribution is 5.79. The van der Waals surface area contributed by atoms with Crippen LogP contribution in [0.4, 0.5) is 13.2 Å². The highest BCUT2D eigenvalue weighted by Crippen LogP contribution is 2.56. The second-order valence-electron chi connectivity index (χ2n) is 6.51. The molecule has 23 heavy (non-hydrogen) atoms. The lowest BCUT2D eigenvalue weighted by atomic mass is 9.82. The zero-order valence-electron chi connectivity index (χ0n) is 12.6. The van der Waals surface area contributed by atoms with Crippen LogP contribution < -0.4 is 5.43 Å². The zero-order chi connectivity index (χ0) is 16.4. The Kier molecular flexibility index (Phi) is 4.41. The molecule has 0 saturated heterocycles. The number of amides is 1. The molecule has 0 aromatic heterocycles. The van der Waals surface area contributed by atoms with Crippen LogP contribution in [0.2, 0.25) is 0 Å². The molecule has 0 radical (unpaired) electrons. The largest absolute Gasteiger partial charge is 0.392 e. The fourth-order valence-corrected chi connectivity index (χ4v) is 3.93. The van der Waals surface area contributed by atoms with Crippen molar-refractivity contribution in [2.75, 3.05) is 0 Å². The first-order chi connectivity index (χ1) is 10.9. The van der Waals surface area contributed by atoms with Gasteiger partial charge in [0.15, 0.2) is 0 Å². The molecule has 0 spiro atoms. The fourth-order valence-electron chi connectivity index (χ4n) is 3.93. The summed E-state index contributed by atoms with van der Waals surface area (Å²) in [7, 11) is 0. The van der Waals surface area contributed by atoms with Crippen molar-refractivity contribution >= 4 is 12.1 Å². The average Bonchev–Trinajstić information content (AvgIpc) is 3.08. The molecule has 2 fully saturated rings. The first-order valence-corrected chi connectivity index (χ1v) is 7.86. The average molecular weight is 324 g/mol. The molecule has 2 bridgehead atoms. The predicted octanol–water partition coefficient (Wildman–Crippen LogP) is 3.56. The molecule has 1 aromatic carbocycles. The maximum Gasteiger partial charge on any atom is 0.392 e. The van der Waals surface area contributed by atoms with E-state index < -0.39 is 12.1 Å². The normalized spacial score (nSPS) is 30.0. The molecule has 0 heterocycles. The van der Waals surface area contributed by atoms with Gasteiger partial charge in [0.1, 0.15) is 0 Å². The summed E-state index contributed by atoms with van der Waals surface area (Å²) in [6.45, 7) is 0. The second-order valence-corrected chi connectivity index (χ2v) is 6.51. The summed E-state index contributed by atoms with van der Waals surface area (Å²) in [5.41, 5.74) is 3.36. The standard InChI is InChI=1S/C17H19F3N2O/c18-17(19,20)15-9-12-7-13(15)8-14(12)10-21-22-16(23)6-11-4-2-1-3-5-11/h1-5,10,12-15H,6-9H2,(H,22,23)/b21-10-/t12-,13-,14-,15-/m1/s1. The summed E-state index contributed by atoms with van der Waals surface area (Å²) in [6, 6.07) is 9.31. The van der Waals surface area contributed by atoms with Crippen molar-refractivity contribution < 1.29 is 18.0 Å². The summed E-state index contributed by atoms with van der Waals surface area (Å²) >= 11 is 0. The maximum atomic E-state index is 12.8. The number of hydrogen-bond acceptors (Lipinski definition) is 2. The summed E-state index contributed by atoms with van der Waals surface area (Å²) in [5, 5.41) is 3.95. The van der Waals surface area contributed by atoms with Crippen molar-refractivity contribution in [3.05, 3.63) is 35.9 Å². The highest BCUT2D eigenvalue weighted by Gasteiger charge is 2.55. The lowest BCUT2D eigenvalue weighted by molar-refractivity contribution is -0.187. The minimum absolute atomic E-state index is 0.0430. The number of carbonyl (C=O) groups is 1. The molecule has 1 amide bonds. The number of fused-ring (bicyclic) bond motifs is 2. The Morgan fingerprint density at radius 3 is 2.52 bits per heavy atom. The van der Waals surface area contributed by atoms with Crippen LogP contribution in [0.1, 0.15) is 24.8 Å². The molecule has 0 aliphatic heterocycles. The number of hydrogen-bond donors (Lipinski definition) is 1. The van der Waals surface area contributed by atoms with Crippen molar-refractivity contribution in [3.63, 3.8) is 0 Å². The molecule has 1 aromatic rings. The molecule has 4 atom stereocenters. The number of carbonyl (C=O) groups excluding carboxylic acids is 1. The fraction of sp³-hybridized carbons (Fsp3) is 0.529. The van der Waals surface area contributed by atoms with Crippen LogP contribution in [0, 0.1) is 23.7 Å². The first-order valence-electron chi connectivity index (χ1n) is 7.86. The van der Waals surface area contributed by atoms with Crippen LogP contribution in [-0.4, -0.2) is 18.3 Å². The lowest BCUT2D eigenvalue weighted by Crippen LogP contribution is -2.31. The van der Waals surface area contributed by atoms with E-state index >= 15 is 0 Å². The van der Waals surface area contributed by atoms with Crippen molar-refractivity contribution in [1.29, 1.82) is 0 Å². The number of hydrazone groups is 1. The van der Waals surface area contributed by atoms with Crippen LogP contribution in [0.3, 0.4) is 0 Å². The summed E-state index contributed by atoms with van der Waals surface area (Å²) in [6.07, 6.45) is -0.870. The van der Waals surface area contributed by atoms with E-state index in [4.69, 9.17) is 0 Å². The molecule has 3 nitrogen and oxygen atoms in total. The van der Waals surface area contributed by atoms with Gasteiger partial charge in [0.05, 0.1) is 12.3 Å². The van der Waals surface area contributed by atoms with Gasteiger partial charge in [-0.15, -0.1) is 0 Å². The van der Waals surface area contributed by atoms with Gasteiger partial charge in [-0.1, -0.05) is 30.3 Å². The van der Waals surface area contributed by atoms with Crippen LogP contribution >= 0.6 is 0 Å². The maximum absolute atomic E-state index is 12.8. The van der Waals surface area contributed by atoms with E-state index in [-0.39, 0.29) is 36.5 Å². The summed E-state index contributed by atoms with van der Waals surface area (Å²) in [5.74, 6) is -1.55.